The Morgan fingerprint density at radius 2 is 1.44 bits per heavy atom. The maximum atomic E-state index is 12.7. The maximum absolute atomic E-state index is 12.7. The minimum Gasteiger partial charge on any atom is -0.378 e. The van der Waals surface area contributed by atoms with Crippen LogP contribution in [-0.4, -0.2) is 75.6 Å². The molecule has 0 unspecified atom stereocenters. The summed E-state index contributed by atoms with van der Waals surface area (Å²) >= 11 is 0. The topological polar surface area (TPSA) is 92.1 Å². The van der Waals surface area contributed by atoms with E-state index in [9.17, 15) is 9.59 Å². The average molecular weight is 483 g/mol. The number of morpholine rings is 1. The molecule has 2 saturated heterocycles. The molecule has 4 heterocycles. The molecule has 9 heteroatoms. The van der Waals surface area contributed by atoms with Gasteiger partial charge in [-0.2, -0.15) is 4.98 Å². The second-order valence-corrected chi connectivity index (χ2v) is 8.96. The van der Waals surface area contributed by atoms with Crippen molar-refractivity contribution in [2.24, 2.45) is 0 Å². The maximum Gasteiger partial charge on any atom is 0.254 e. The Hall–Kier alpha value is -4.24. The SMILES string of the molecule is O=C(c1ccc(-c2cccn3nc(Nc4ccc(C(=O)N5CCOCC5)cc4)nc23)cc1)N1CCC1. The molecule has 6 rings (SSSR count). The van der Waals surface area contributed by atoms with Crippen molar-refractivity contribution in [3.8, 4) is 11.1 Å². The number of carbonyl (C=O) groups excluding carboxylic acids is 2. The molecule has 36 heavy (non-hydrogen) atoms. The molecule has 0 saturated carbocycles. The number of aromatic nitrogens is 3. The fraction of sp³-hybridized carbons (Fsp3) is 0.259. The van der Waals surface area contributed by atoms with E-state index in [0.29, 0.717) is 49.0 Å². The van der Waals surface area contributed by atoms with Gasteiger partial charge in [0.15, 0.2) is 5.65 Å². The molecule has 0 bridgehead atoms. The van der Waals surface area contributed by atoms with Crippen molar-refractivity contribution in [1.82, 2.24) is 24.4 Å². The van der Waals surface area contributed by atoms with Gasteiger partial charge < -0.3 is 19.9 Å². The van der Waals surface area contributed by atoms with Gasteiger partial charge >= 0.3 is 0 Å². The molecular weight excluding hydrogens is 456 g/mol. The van der Waals surface area contributed by atoms with Gasteiger partial charge in [-0.3, -0.25) is 9.59 Å². The van der Waals surface area contributed by atoms with Crippen molar-refractivity contribution >= 4 is 29.1 Å². The van der Waals surface area contributed by atoms with Crippen molar-refractivity contribution in [2.45, 2.75) is 6.42 Å². The van der Waals surface area contributed by atoms with Gasteiger partial charge in [-0.05, 0) is 60.5 Å². The van der Waals surface area contributed by atoms with Gasteiger partial charge in [0.05, 0.1) is 13.2 Å². The molecule has 182 valence electrons. The van der Waals surface area contributed by atoms with E-state index in [0.717, 1.165) is 36.3 Å². The van der Waals surface area contributed by atoms with Crippen molar-refractivity contribution in [3.63, 3.8) is 0 Å². The van der Waals surface area contributed by atoms with Crippen LogP contribution in [0.3, 0.4) is 0 Å². The Kier molecular flexibility index (Phi) is 5.82. The Bertz CT molecular complexity index is 1400. The normalized spacial score (nSPS) is 15.6. The summed E-state index contributed by atoms with van der Waals surface area (Å²) < 4.78 is 7.06. The predicted octanol–water partition coefficient (Wildman–Crippen LogP) is 3.46. The summed E-state index contributed by atoms with van der Waals surface area (Å²) in [6.07, 6.45) is 2.93. The number of hydrogen-bond donors (Lipinski definition) is 1. The van der Waals surface area contributed by atoms with Crippen LogP contribution in [0.15, 0.2) is 66.9 Å². The van der Waals surface area contributed by atoms with Crippen molar-refractivity contribution in [2.75, 3.05) is 44.7 Å². The van der Waals surface area contributed by atoms with E-state index >= 15 is 0 Å². The number of ether oxygens (including phenoxy) is 1. The number of carbonyl (C=O) groups is 2. The van der Waals surface area contributed by atoms with Crippen LogP contribution in [0.2, 0.25) is 0 Å². The molecule has 4 aromatic rings. The van der Waals surface area contributed by atoms with Crippen LogP contribution in [0.4, 0.5) is 11.6 Å². The Morgan fingerprint density at radius 1 is 0.806 bits per heavy atom. The molecule has 2 aromatic heterocycles. The van der Waals surface area contributed by atoms with E-state index in [1.165, 1.54) is 0 Å². The lowest BCUT2D eigenvalue weighted by Crippen LogP contribution is -2.41. The lowest BCUT2D eigenvalue weighted by molar-refractivity contribution is 0.0303. The smallest absolute Gasteiger partial charge is 0.254 e. The second-order valence-electron chi connectivity index (χ2n) is 8.96. The first-order chi connectivity index (χ1) is 17.7. The van der Waals surface area contributed by atoms with E-state index in [-0.39, 0.29) is 11.8 Å². The summed E-state index contributed by atoms with van der Waals surface area (Å²) in [7, 11) is 0. The zero-order valence-electron chi connectivity index (χ0n) is 19.8. The highest BCUT2D eigenvalue weighted by Crippen LogP contribution is 2.26. The molecule has 2 amide bonds. The van der Waals surface area contributed by atoms with E-state index in [1.54, 1.807) is 4.52 Å². The van der Waals surface area contributed by atoms with Gasteiger partial charge in [0.1, 0.15) is 0 Å². The molecule has 2 fully saturated rings. The van der Waals surface area contributed by atoms with Crippen LogP contribution in [0.1, 0.15) is 27.1 Å². The van der Waals surface area contributed by atoms with Crippen molar-refractivity contribution in [1.29, 1.82) is 0 Å². The summed E-state index contributed by atoms with van der Waals surface area (Å²) in [4.78, 5) is 33.5. The Balaban J connectivity index is 1.19. The summed E-state index contributed by atoms with van der Waals surface area (Å²) in [5.74, 6) is 0.551. The van der Waals surface area contributed by atoms with Gasteiger partial charge in [-0.25, -0.2) is 4.52 Å². The van der Waals surface area contributed by atoms with Crippen molar-refractivity contribution in [3.05, 3.63) is 78.0 Å². The third-order valence-corrected chi connectivity index (χ3v) is 6.63. The van der Waals surface area contributed by atoms with Gasteiger partial charge in [0.2, 0.25) is 5.95 Å². The molecule has 2 aromatic carbocycles. The molecule has 0 spiro atoms. The highest BCUT2D eigenvalue weighted by molar-refractivity contribution is 5.96. The Labute approximate surface area is 208 Å². The van der Waals surface area contributed by atoms with Crippen LogP contribution in [-0.2, 0) is 4.74 Å². The monoisotopic (exact) mass is 482 g/mol. The quantitative estimate of drug-likeness (QED) is 0.469. The minimum absolute atomic E-state index is 0.0120. The van der Waals surface area contributed by atoms with Crippen LogP contribution in [0, 0.1) is 0 Å². The van der Waals surface area contributed by atoms with Crippen LogP contribution in [0.25, 0.3) is 16.8 Å². The fourth-order valence-electron chi connectivity index (χ4n) is 4.45. The lowest BCUT2D eigenvalue weighted by Gasteiger charge is -2.30. The van der Waals surface area contributed by atoms with E-state index in [4.69, 9.17) is 9.72 Å². The van der Waals surface area contributed by atoms with Crippen LogP contribution in [0.5, 0.6) is 0 Å². The number of hydrogen-bond acceptors (Lipinski definition) is 6. The van der Waals surface area contributed by atoms with E-state index < -0.39 is 0 Å². The molecule has 0 radical (unpaired) electrons. The number of benzene rings is 2. The largest absolute Gasteiger partial charge is 0.378 e. The van der Waals surface area contributed by atoms with Crippen molar-refractivity contribution < 1.29 is 14.3 Å². The zero-order valence-corrected chi connectivity index (χ0v) is 19.8. The fourth-order valence-corrected chi connectivity index (χ4v) is 4.45. The number of amides is 2. The number of pyridine rings is 1. The second kappa shape index (κ2) is 9.43. The molecule has 0 aliphatic carbocycles. The summed E-state index contributed by atoms with van der Waals surface area (Å²) in [6, 6.07) is 18.9. The van der Waals surface area contributed by atoms with E-state index in [1.807, 2.05) is 76.7 Å². The van der Waals surface area contributed by atoms with Gasteiger partial charge in [0, 0.05) is 54.8 Å². The molecule has 9 nitrogen and oxygen atoms in total. The highest BCUT2D eigenvalue weighted by Gasteiger charge is 2.22. The van der Waals surface area contributed by atoms with Gasteiger partial charge in [-0.15, -0.1) is 5.10 Å². The Morgan fingerprint density at radius 3 is 2.08 bits per heavy atom. The molecular formula is C27H26N6O3. The number of nitrogens with one attached hydrogen (secondary N) is 1. The van der Waals surface area contributed by atoms with Gasteiger partial charge in [0.25, 0.3) is 11.8 Å². The first-order valence-electron chi connectivity index (χ1n) is 12.1. The average Bonchev–Trinajstić information content (AvgIpc) is 3.31. The standard InChI is InChI=1S/C27H26N6O3/c34-25(31-12-2-13-31)20-6-4-19(5-7-20)23-3-1-14-33-24(23)29-27(30-33)28-22-10-8-21(9-11-22)26(35)32-15-17-36-18-16-32/h1,3-11,14H,2,12-13,15-18H2,(H,28,30). The minimum atomic E-state index is 0.0120. The highest BCUT2D eigenvalue weighted by atomic mass is 16.5. The third kappa shape index (κ3) is 4.29. The first kappa shape index (κ1) is 22.2. The predicted molar refractivity (Wildman–Crippen MR) is 135 cm³/mol. The lowest BCUT2D eigenvalue weighted by atomic mass is 10.0. The van der Waals surface area contributed by atoms with Crippen LogP contribution >= 0.6 is 0 Å². The summed E-state index contributed by atoms with van der Waals surface area (Å²) in [6.45, 7) is 4.06. The third-order valence-electron chi connectivity index (χ3n) is 6.63. The van der Waals surface area contributed by atoms with Gasteiger partial charge in [-0.1, -0.05) is 12.1 Å². The number of rotatable bonds is 5. The van der Waals surface area contributed by atoms with Crippen LogP contribution < -0.4 is 5.32 Å². The zero-order chi connectivity index (χ0) is 24.5. The molecule has 0 atom stereocenters. The number of nitrogens with zero attached hydrogens (tertiary/aromatic N) is 5. The number of fused-ring (bicyclic) bond motifs is 1. The first-order valence-corrected chi connectivity index (χ1v) is 12.1. The molecule has 1 N–H and O–H groups in total. The number of anilines is 2. The van der Waals surface area contributed by atoms with E-state index in [2.05, 4.69) is 10.4 Å². The summed E-state index contributed by atoms with van der Waals surface area (Å²) in [5.41, 5.74) is 4.73. The molecule has 2 aliphatic heterocycles. The molecule has 2 aliphatic rings. The summed E-state index contributed by atoms with van der Waals surface area (Å²) in [5, 5.41) is 7.79. The number of likely N-dealkylation sites (tertiary alicyclic amines) is 1.